The molecule has 0 saturated carbocycles. The standard InChI is InChI=1S/C10H9ClN4S/c1-7-5-12-15(6-7)9-8(4-11)14-2-3-16-10(14)13-9/h2-3,5-6H,4H2,1H3. The third-order valence-electron chi connectivity index (χ3n) is 2.40. The Morgan fingerprint density at radius 1 is 1.50 bits per heavy atom. The van der Waals surface area contributed by atoms with Gasteiger partial charge in [-0.05, 0) is 12.5 Å². The maximum absolute atomic E-state index is 5.97. The van der Waals surface area contributed by atoms with Gasteiger partial charge in [0.05, 0.1) is 17.8 Å². The molecule has 0 N–H and O–H groups in total. The van der Waals surface area contributed by atoms with Crippen molar-refractivity contribution in [3.8, 4) is 5.82 Å². The molecule has 0 aromatic carbocycles. The molecular formula is C10H9ClN4S. The molecule has 0 unspecified atom stereocenters. The van der Waals surface area contributed by atoms with Gasteiger partial charge < -0.3 is 0 Å². The monoisotopic (exact) mass is 252 g/mol. The Bertz CT molecular complexity index is 636. The lowest BCUT2D eigenvalue weighted by atomic mass is 10.4. The minimum Gasteiger partial charge on any atom is -0.291 e. The predicted molar refractivity (Wildman–Crippen MR) is 64.5 cm³/mol. The second-order valence-corrected chi connectivity index (χ2v) is 4.67. The maximum Gasteiger partial charge on any atom is 0.195 e. The number of aryl methyl sites for hydroxylation is 1. The van der Waals surface area contributed by atoms with Crippen LogP contribution in [0.25, 0.3) is 10.8 Å². The highest BCUT2D eigenvalue weighted by atomic mass is 35.5. The Balaban J connectivity index is 2.26. The Labute approximate surface area is 101 Å². The molecule has 3 rings (SSSR count). The molecule has 3 heterocycles. The number of alkyl halides is 1. The summed E-state index contributed by atoms with van der Waals surface area (Å²) in [6, 6.07) is 0. The number of hydrogen-bond acceptors (Lipinski definition) is 3. The second kappa shape index (κ2) is 3.61. The minimum atomic E-state index is 0.423. The third kappa shape index (κ3) is 1.36. The fourth-order valence-electron chi connectivity index (χ4n) is 1.66. The van der Waals surface area contributed by atoms with Crippen molar-refractivity contribution in [3.05, 3.63) is 35.2 Å². The summed E-state index contributed by atoms with van der Waals surface area (Å²) in [5.41, 5.74) is 2.08. The number of thiazole rings is 1. The van der Waals surface area contributed by atoms with Gasteiger partial charge in [0.25, 0.3) is 0 Å². The molecule has 0 bridgehead atoms. The Morgan fingerprint density at radius 3 is 3.06 bits per heavy atom. The van der Waals surface area contributed by atoms with Crippen molar-refractivity contribution in [3.63, 3.8) is 0 Å². The average Bonchev–Trinajstić information content (AvgIpc) is 2.90. The van der Waals surface area contributed by atoms with Gasteiger partial charge in [-0.15, -0.1) is 22.9 Å². The van der Waals surface area contributed by atoms with Crippen LogP contribution in [-0.2, 0) is 5.88 Å². The summed E-state index contributed by atoms with van der Waals surface area (Å²) in [5.74, 6) is 1.24. The van der Waals surface area contributed by atoms with E-state index in [1.165, 1.54) is 0 Å². The molecule has 0 radical (unpaired) electrons. The van der Waals surface area contributed by atoms with Crippen LogP contribution >= 0.6 is 22.9 Å². The van der Waals surface area contributed by atoms with E-state index >= 15 is 0 Å². The molecule has 0 aliphatic carbocycles. The fraction of sp³-hybridized carbons (Fsp3) is 0.200. The minimum absolute atomic E-state index is 0.423. The first-order valence-electron chi connectivity index (χ1n) is 4.81. The third-order valence-corrected chi connectivity index (χ3v) is 3.40. The van der Waals surface area contributed by atoms with Gasteiger partial charge in [0.1, 0.15) is 0 Å². The van der Waals surface area contributed by atoms with Crippen molar-refractivity contribution >= 4 is 27.9 Å². The Hall–Kier alpha value is -1.33. The van der Waals surface area contributed by atoms with E-state index in [4.69, 9.17) is 11.6 Å². The van der Waals surface area contributed by atoms with E-state index in [1.807, 2.05) is 35.3 Å². The number of rotatable bonds is 2. The van der Waals surface area contributed by atoms with Gasteiger partial charge in [-0.25, -0.2) is 4.68 Å². The largest absolute Gasteiger partial charge is 0.291 e. The van der Waals surface area contributed by atoms with Gasteiger partial charge >= 0.3 is 0 Å². The zero-order valence-electron chi connectivity index (χ0n) is 8.59. The molecule has 0 atom stereocenters. The summed E-state index contributed by atoms with van der Waals surface area (Å²) in [6.45, 7) is 2.00. The van der Waals surface area contributed by atoms with Crippen LogP contribution in [0.3, 0.4) is 0 Å². The van der Waals surface area contributed by atoms with Gasteiger partial charge in [-0.2, -0.15) is 10.1 Å². The first-order chi connectivity index (χ1) is 7.79. The maximum atomic E-state index is 5.97. The molecular weight excluding hydrogens is 244 g/mol. The summed E-state index contributed by atoms with van der Waals surface area (Å²) < 4.78 is 3.77. The van der Waals surface area contributed by atoms with E-state index < -0.39 is 0 Å². The molecule has 0 fully saturated rings. The van der Waals surface area contributed by atoms with Crippen LogP contribution < -0.4 is 0 Å². The molecule has 82 valence electrons. The van der Waals surface area contributed by atoms with Crippen LogP contribution in [0.4, 0.5) is 0 Å². The van der Waals surface area contributed by atoms with E-state index in [0.717, 1.165) is 22.0 Å². The number of aromatic nitrogens is 4. The number of imidazole rings is 1. The van der Waals surface area contributed by atoms with Crippen molar-refractivity contribution in [2.75, 3.05) is 0 Å². The first-order valence-corrected chi connectivity index (χ1v) is 6.23. The van der Waals surface area contributed by atoms with Crippen LogP contribution in [0.2, 0.25) is 0 Å². The van der Waals surface area contributed by atoms with Crippen molar-refractivity contribution < 1.29 is 0 Å². The molecule has 0 spiro atoms. The van der Waals surface area contributed by atoms with E-state index in [1.54, 1.807) is 16.0 Å². The number of fused-ring (bicyclic) bond motifs is 1. The van der Waals surface area contributed by atoms with Gasteiger partial charge in [0.15, 0.2) is 10.8 Å². The van der Waals surface area contributed by atoms with Crippen LogP contribution in [0.5, 0.6) is 0 Å². The molecule has 0 saturated heterocycles. The first kappa shape index (κ1) is 9.86. The average molecular weight is 253 g/mol. The predicted octanol–water partition coefficient (Wildman–Crippen LogP) is 2.63. The molecule has 0 aliphatic heterocycles. The van der Waals surface area contributed by atoms with Crippen molar-refractivity contribution in [1.29, 1.82) is 0 Å². The number of halogens is 1. The lowest BCUT2D eigenvalue weighted by Crippen LogP contribution is -1.99. The van der Waals surface area contributed by atoms with Crippen LogP contribution in [0.15, 0.2) is 24.0 Å². The van der Waals surface area contributed by atoms with E-state index in [9.17, 15) is 0 Å². The smallest absolute Gasteiger partial charge is 0.195 e. The van der Waals surface area contributed by atoms with Gasteiger partial charge in [0, 0.05) is 17.8 Å². The highest BCUT2D eigenvalue weighted by Crippen LogP contribution is 2.21. The Kier molecular flexibility index (Phi) is 2.22. The topological polar surface area (TPSA) is 35.1 Å². The quantitative estimate of drug-likeness (QED) is 0.658. The molecule has 0 aliphatic rings. The van der Waals surface area contributed by atoms with E-state index in [0.29, 0.717) is 5.88 Å². The van der Waals surface area contributed by atoms with E-state index in [-0.39, 0.29) is 0 Å². The van der Waals surface area contributed by atoms with Crippen molar-refractivity contribution in [2.24, 2.45) is 0 Å². The molecule has 6 heteroatoms. The second-order valence-electron chi connectivity index (χ2n) is 3.53. The fourth-order valence-corrected chi connectivity index (χ4v) is 2.63. The zero-order valence-corrected chi connectivity index (χ0v) is 10.2. The number of nitrogens with zero attached hydrogens (tertiary/aromatic N) is 4. The lowest BCUT2D eigenvalue weighted by molar-refractivity contribution is 0.842. The molecule has 3 aromatic heterocycles. The molecule has 0 amide bonds. The summed E-state index contributed by atoms with van der Waals surface area (Å²) in [6.07, 6.45) is 5.73. The summed E-state index contributed by atoms with van der Waals surface area (Å²) in [4.78, 5) is 5.47. The van der Waals surface area contributed by atoms with Crippen LogP contribution in [0, 0.1) is 6.92 Å². The SMILES string of the molecule is Cc1cnn(-c2nc3sccn3c2CCl)c1. The number of hydrogen-bond donors (Lipinski definition) is 0. The lowest BCUT2D eigenvalue weighted by Gasteiger charge is -1.99. The van der Waals surface area contributed by atoms with Crippen LogP contribution in [-0.4, -0.2) is 19.2 Å². The molecule has 3 aromatic rings. The Morgan fingerprint density at radius 2 is 2.38 bits per heavy atom. The highest BCUT2D eigenvalue weighted by Gasteiger charge is 2.14. The van der Waals surface area contributed by atoms with E-state index in [2.05, 4.69) is 10.1 Å². The van der Waals surface area contributed by atoms with Crippen molar-refractivity contribution in [2.45, 2.75) is 12.8 Å². The molecule has 16 heavy (non-hydrogen) atoms. The van der Waals surface area contributed by atoms with Crippen molar-refractivity contribution in [1.82, 2.24) is 19.2 Å². The summed E-state index contributed by atoms with van der Waals surface area (Å²) in [7, 11) is 0. The summed E-state index contributed by atoms with van der Waals surface area (Å²) >= 11 is 7.56. The zero-order chi connectivity index (χ0) is 11.1. The molecule has 4 nitrogen and oxygen atoms in total. The normalized spacial score (nSPS) is 11.4. The van der Waals surface area contributed by atoms with Crippen LogP contribution in [0.1, 0.15) is 11.3 Å². The van der Waals surface area contributed by atoms with Gasteiger partial charge in [0.2, 0.25) is 0 Å². The highest BCUT2D eigenvalue weighted by molar-refractivity contribution is 7.15. The van der Waals surface area contributed by atoms with Gasteiger partial charge in [-0.3, -0.25) is 4.40 Å². The van der Waals surface area contributed by atoms with Gasteiger partial charge in [-0.1, -0.05) is 0 Å². The summed E-state index contributed by atoms with van der Waals surface area (Å²) in [5, 5.41) is 6.25.